The molecule has 1 saturated carbocycles. The van der Waals surface area contributed by atoms with Crippen LogP contribution in [0.5, 0.6) is 11.5 Å². The number of aryl methyl sites for hydroxylation is 2. The van der Waals surface area contributed by atoms with E-state index in [1.807, 2.05) is 12.1 Å². The van der Waals surface area contributed by atoms with E-state index in [0.29, 0.717) is 5.56 Å². The molecule has 6 aromatic rings. The maximum absolute atomic E-state index is 12.0. The molecule has 2 aliphatic heterocycles. The molecule has 3 unspecified atom stereocenters. The van der Waals surface area contributed by atoms with Gasteiger partial charge < -0.3 is 19.1 Å². The smallest absolute Gasteiger partial charge is 0.178 e. The van der Waals surface area contributed by atoms with Crippen molar-refractivity contribution in [3.63, 3.8) is 0 Å². The summed E-state index contributed by atoms with van der Waals surface area (Å²) >= 11 is 1.79. The molecule has 61 heavy (non-hydrogen) atoms. The van der Waals surface area contributed by atoms with Gasteiger partial charge in [-0.15, -0.1) is 0 Å². The van der Waals surface area contributed by atoms with Gasteiger partial charge in [-0.3, -0.25) is 4.79 Å². The first-order valence-electron chi connectivity index (χ1n) is 22.2. The number of hydrogen-bond acceptors (Lipinski definition) is 6. The lowest BCUT2D eigenvalue weighted by molar-refractivity contribution is -0.00522. The van der Waals surface area contributed by atoms with Crippen molar-refractivity contribution in [2.24, 2.45) is 0 Å². The van der Waals surface area contributed by atoms with E-state index in [2.05, 4.69) is 136 Å². The minimum Gasteiger partial charge on any atom is -0.496 e. The number of ether oxygens (including phenoxy) is 3. The Balaban J connectivity index is 1.23. The molecule has 0 aromatic heterocycles. The van der Waals surface area contributed by atoms with Gasteiger partial charge in [0.2, 0.25) is 0 Å². The second-order valence-corrected chi connectivity index (χ2v) is 18.9. The molecule has 2 fully saturated rings. The Hall–Kier alpha value is -5.30. The summed E-state index contributed by atoms with van der Waals surface area (Å²) in [5.41, 5.74) is 11.9. The average molecular weight is 826 g/mol. The fourth-order valence-corrected chi connectivity index (χ4v) is 12.2. The third-order valence-corrected chi connectivity index (χ3v) is 15.3. The summed E-state index contributed by atoms with van der Waals surface area (Å²) in [6.07, 6.45) is 14.3. The Morgan fingerprint density at radius 3 is 2.10 bits per heavy atom. The number of nitrogens with zero attached hydrogens (tertiary/aromatic N) is 1. The highest BCUT2D eigenvalue weighted by Gasteiger charge is 2.48. The van der Waals surface area contributed by atoms with Crippen LogP contribution in [0, 0.1) is 13.8 Å². The van der Waals surface area contributed by atoms with Crippen LogP contribution in [0.3, 0.4) is 0 Å². The molecule has 0 bridgehead atoms. The summed E-state index contributed by atoms with van der Waals surface area (Å²) in [5.74, 6) is 1.71. The van der Waals surface area contributed by atoms with Gasteiger partial charge in [0.15, 0.2) is 5.60 Å². The summed E-state index contributed by atoms with van der Waals surface area (Å²) in [7, 11) is 1.78. The van der Waals surface area contributed by atoms with Gasteiger partial charge in [-0.05, 0) is 110 Å². The molecule has 3 atom stereocenters. The summed E-state index contributed by atoms with van der Waals surface area (Å²) in [6, 6.07) is 37.2. The molecule has 2 aliphatic carbocycles. The van der Waals surface area contributed by atoms with Gasteiger partial charge in [0, 0.05) is 56.7 Å². The molecule has 2 heterocycles. The van der Waals surface area contributed by atoms with E-state index in [-0.39, 0.29) is 17.6 Å². The maximum atomic E-state index is 12.0. The van der Waals surface area contributed by atoms with Gasteiger partial charge >= 0.3 is 0 Å². The Bertz CT molecular complexity index is 2650. The van der Waals surface area contributed by atoms with Crippen LogP contribution in [-0.4, -0.2) is 38.7 Å². The van der Waals surface area contributed by atoms with Crippen molar-refractivity contribution in [2.75, 3.05) is 25.1 Å². The second kappa shape index (κ2) is 15.9. The number of rotatable bonds is 7. The normalized spacial score (nSPS) is 21.6. The Morgan fingerprint density at radius 1 is 0.770 bits per heavy atom. The molecule has 1 spiro atoms. The number of methoxy groups -OCH3 is 1. The highest BCUT2D eigenvalue weighted by molar-refractivity contribution is 7.99. The van der Waals surface area contributed by atoms with Crippen molar-refractivity contribution in [3.05, 3.63) is 154 Å². The van der Waals surface area contributed by atoms with Crippen LogP contribution < -0.4 is 14.4 Å². The van der Waals surface area contributed by atoms with Crippen LogP contribution in [-0.2, 0) is 15.8 Å². The third-order valence-electron chi connectivity index (χ3n) is 13.9. The van der Waals surface area contributed by atoms with Gasteiger partial charge in [-0.1, -0.05) is 129 Å². The van der Waals surface area contributed by atoms with Gasteiger partial charge in [-0.2, -0.15) is 0 Å². The predicted octanol–water partition coefficient (Wildman–Crippen LogP) is 13.4. The molecule has 10 rings (SSSR count). The molecule has 0 N–H and O–H groups in total. The highest BCUT2D eigenvalue weighted by Crippen LogP contribution is 2.62. The second-order valence-electron chi connectivity index (χ2n) is 17.9. The number of anilines is 1. The molecule has 0 radical (unpaired) electrons. The zero-order chi connectivity index (χ0) is 41.9. The monoisotopic (exact) mass is 825 g/mol. The van der Waals surface area contributed by atoms with E-state index in [0.717, 1.165) is 65.1 Å². The van der Waals surface area contributed by atoms with Gasteiger partial charge in [0.05, 0.1) is 24.2 Å². The first-order chi connectivity index (χ1) is 29.7. The average Bonchev–Trinajstić information content (AvgIpc) is 3.56. The lowest BCUT2D eigenvalue weighted by atomic mass is 9.67. The minimum absolute atomic E-state index is 0.127. The number of benzene rings is 6. The Labute approximate surface area is 365 Å². The van der Waals surface area contributed by atoms with E-state index < -0.39 is 5.60 Å². The fraction of sp³-hybridized carbons (Fsp3) is 0.327. The molecule has 5 nitrogen and oxygen atoms in total. The summed E-state index contributed by atoms with van der Waals surface area (Å²) in [5, 5.41) is 2.24. The molecule has 0 amide bonds. The molecule has 6 heteroatoms. The number of morpholine rings is 1. The first kappa shape index (κ1) is 39.8. The van der Waals surface area contributed by atoms with Crippen LogP contribution in [0.15, 0.2) is 119 Å². The molecular weight excluding hydrogens is 771 g/mol. The SMILES string of the molecule is COc1cc2c3c(c4c(c2cc1Sc1c(C)cccc1C)-c1ccccc1C41CCCCCCC1)C=CC(c1ccc(C=O)cc1)(c1ccc(N2CC(C)OC(C)C2)cc1)O3. The Kier molecular flexibility index (Phi) is 10.4. The summed E-state index contributed by atoms with van der Waals surface area (Å²) < 4.78 is 20.2. The quantitative estimate of drug-likeness (QED) is 0.149. The Morgan fingerprint density at radius 2 is 1.43 bits per heavy atom. The lowest BCUT2D eigenvalue weighted by Crippen LogP contribution is -2.45. The molecular formula is C55H55NO4S. The predicted molar refractivity (Wildman–Crippen MR) is 250 cm³/mol. The van der Waals surface area contributed by atoms with Gasteiger partial charge in [0.25, 0.3) is 0 Å². The van der Waals surface area contributed by atoms with E-state index in [1.54, 1.807) is 18.9 Å². The molecule has 1 saturated heterocycles. The zero-order valence-electron chi connectivity index (χ0n) is 36.1. The minimum atomic E-state index is -0.974. The van der Waals surface area contributed by atoms with Crippen LogP contribution in [0.2, 0.25) is 0 Å². The topological polar surface area (TPSA) is 48.0 Å². The third kappa shape index (κ3) is 6.69. The van der Waals surface area contributed by atoms with Crippen LogP contribution in [0.4, 0.5) is 5.69 Å². The standard InChI is InChI=1S/C55H55NO4S/c1-35-14-13-15-36(2)53(35)61-49-31-45-46(30-48(49)58-5)52-44(51-50(45)43-16-9-10-17-47(43)54(51)27-11-7-6-8-12-28-54)26-29-55(60-52,40-20-18-39(34-57)19-21-40)41-22-24-42(25-23-41)56-32-37(3)59-38(4)33-56/h9-10,13-26,29-31,34,37-38H,6-8,11-12,27-28,32-33H2,1-5H3. The number of hydrogen-bond donors (Lipinski definition) is 0. The van der Waals surface area contributed by atoms with E-state index in [4.69, 9.17) is 14.2 Å². The van der Waals surface area contributed by atoms with Crippen LogP contribution in [0.1, 0.15) is 108 Å². The van der Waals surface area contributed by atoms with Gasteiger partial charge in [0.1, 0.15) is 17.8 Å². The molecule has 6 aromatic carbocycles. The number of aldehydes is 1. The van der Waals surface area contributed by atoms with Crippen molar-refractivity contribution in [1.82, 2.24) is 0 Å². The fourth-order valence-electron chi connectivity index (χ4n) is 11.1. The van der Waals surface area contributed by atoms with Crippen molar-refractivity contribution in [1.29, 1.82) is 0 Å². The lowest BCUT2D eigenvalue weighted by Gasteiger charge is -2.41. The summed E-state index contributed by atoms with van der Waals surface area (Å²) in [6.45, 7) is 10.4. The van der Waals surface area contributed by atoms with Crippen molar-refractivity contribution in [2.45, 2.75) is 106 Å². The first-order valence-corrected chi connectivity index (χ1v) is 23.1. The number of carbonyl (C=O) groups excluding carboxylic acids is 1. The van der Waals surface area contributed by atoms with Crippen LogP contribution >= 0.6 is 11.8 Å². The summed E-state index contributed by atoms with van der Waals surface area (Å²) in [4.78, 5) is 16.7. The van der Waals surface area contributed by atoms with E-state index in [9.17, 15) is 4.79 Å². The van der Waals surface area contributed by atoms with Crippen molar-refractivity contribution in [3.8, 4) is 22.6 Å². The van der Waals surface area contributed by atoms with Crippen molar-refractivity contribution < 1.29 is 19.0 Å². The zero-order valence-corrected chi connectivity index (χ0v) is 36.9. The van der Waals surface area contributed by atoms with E-state index >= 15 is 0 Å². The van der Waals surface area contributed by atoms with E-state index in [1.165, 1.54) is 87.0 Å². The largest absolute Gasteiger partial charge is 0.496 e. The molecule has 4 aliphatic rings. The number of carbonyl (C=O) groups is 1. The maximum Gasteiger partial charge on any atom is 0.178 e. The molecule has 310 valence electrons. The number of fused-ring (bicyclic) bond motifs is 10. The van der Waals surface area contributed by atoms with Crippen LogP contribution in [0.25, 0.3) is 28.0 Å². The van der Waals surface area contributed by atoms with Gasteiger partial charge in [-0.25, -0.2) is 0 Å². The highest BCUT2D eigenvalue weighted by atomic mass is 32.2. The van der Waals surface area contributed by atoms with Crippen molar-refractivity contribution >= 4 is 40.6 Å².